The molecule has 0 saturated heterocycles. The Morgan fingerprint density at radius 3 is 2.63 bits per heavy atom. The maximum absolute atomic E-state index is 9.41. The highest BCUT2D eigenvalue weighted by Crippen LogP contribution is 2.33. The lowest BCUT2D eigenvalue weighted by atomic mass is 10.1. The van der Waals surface area contributed by atoms with Gasteiger partial charge in [-0.1, -0.05) is 23.2 Å². The third-order valence-electron chi connectivity index (χ3n) is 2.70. The number of aliphatic hydroxyl groups is 1. The number of nitrogens with zero attached hydrogens (tertiary/aromatic N) is 1. The van der Waals surface area contributed by atoms with Crippen LogP contribution in [-0.2, 0) is 6.61 Å². The molecule has 0 aliphatic rings. The summed E-state index contributed by atoms with van der Waals surface area (Å²) in [6.45, 7) is 3.61. The van der Waals surface area contributed by atoms with Gasteiger partial charge < -0.3 is 9.84 Å². The number of pyridine rings is 1. The molecule has 0 saturated carbocycles. The van der Waals surface area contributed by atoms with Crippen LogP contribution in [0.15, 0.2) is 24.3 Å². The molecule has 1 aromatic carbocycles. The molecule has 100 valence electrons. The van der Waals surface area contributed by atoms with Crippen LogP contribution in [0.4, 0.5) is 0 Å². The van der Waals surface area contributed by atoms with Crippen molar-refractivity contribution in [2.45, 2.75) is 20.5 Å². The summed E-state index contributed by atoms with van der Waals surface area (Å²) < 4.78 is 5.69. The number of aliphatic hydroxyl groups excluding tert-OH is 1. The van der Waals surface area contributed by atoms with Crippen molar-refractivity contribution in [2.24, 2.45) is 0 Å². The molecule has 19 heavy (non-hydrogen) atoms. The van der Waals surface area contributed by atoms with E-state index < -0.39 is 0 Å². The molecule has 1 heterocycles. The number of ether oxygens (including phenoxy) is 1. The maximum atomic E-state index is 9.41. The van der Waals surface area contributed by atoms with Gasteiger partial charge >= 0.3 is 0 Å². The molecule has 0 spiro atoms. The quantitative estimate of drug-likeness (QED) is 0.919. The fourth-order valence-electron chi connectivity index (χ4n) is 1.77. The lowest BCUT2D eigenvalue weighted by Crippen LogP contribution is -2.00. The van der Waals surface area contributed by atoms with Crippen molar-refractivity contribution in [2.75, 3.05) is 0 Å². The molecule has 1 N–H and O–H groups in total. The summed E-state index contributed by atoms with van der Waals surface area (Å²) in [5, 5.41) is 10.4. The smallest absolute Gasteiger partial charge is 0.225 e. The van der Waals surface area contributed by atoms with E-state index in [0.29, 0.717) is 27.2 Å². The van der Waals surface area contributed by atoms with Crippen molar-refractivity contribution in [3.63, 3.8) is 0 Å². The predicted molar refractivity (Wildman–Crippen MR) is 76.2 cm³/mol. The second-order valence-corrected chi connectivity index (χ2v) is 5.04. The molecule has 2 aromatic rings. The Hall–Kier alpha value is -1.29. The Balaban J connectivity index is 2.45. The van der Waals surface area contributed by atoms with Gasteiger partial charge in [0, 0.05) is 22.3 Å². The first-order valence-corrected chi connectivity index (χ1v) is 6.47. The zero-order valence-electron chi connectivity index (χ0n) is 10.6. The Morgan fingerprint density at radius 1 is 1.21 bits per heavy atom. The third kappa shape index (κ3) is 3.18. The summed E-state index contributed by atoms with van der Waals surface area (Å²) in [6.07, 6.45) is 0. The summed E-state index contributed by atoms with van der Waals surface area (Å²) in [6, 6.07) is 6.83. The van der Waals surface area contributed by atoms with Crippen molar-refractivity contribution in [1.29, 1.82) is 0 Å². The molecule has 0 bridgehead atoms. The zero-order chi connectivity index (χ0) is 14.0. The predicted octanol–water partition coefficient (Wildman–Crippen LogP) is 4.29. The molecule has 2 rings (SSSR count). The van der Waals surface area contributed by atoms with E-state index in [1.165, 1.54) is 0 Å². The highest BCUT2D eigenvalue weighted by Gasteiger charge is 2.12. The average Bonchev–Trinajstić information content (AvgIpc) is 2.33. The van der Waals surface area contributed by atoms with Gasteiger partial charge in [0.1, 0.15) is 5.75 Å². The van der Waals surface area contributed by atoms with Crippen molar-refractivity contribution in [1.82, 2.24) is 4.98 Å². The fraction of sp³-hybridized carbons (Fsp3) is 0.214. The summed E-state index contributed by atoms with van der Waals surface area (Å²) >= 11 is 12.0. The van der Waals surface area contributed by atoms with Crippen LogP contribution in [0.25, 0.3) is 0 Å². The van der Waals surface area contributed by atoms with Crippen LogP contribution in [0.5, 0.6) is 11.6 Å². The van der Waals surface area contributed by atoms with Gasteiger partial charge in [-0.15, -0.1) is 0 Å². The van der Waals surface area contributed by atoms with Gasteiger partial charge in [0.2, 0.25) is 5.88 Å². The first-order chi connectivity index (χ1) is 9.01. The number of halogens is 2. The number of hydrogen-bond donors (Lipinski definition) is 1. The molecule has 0 fully saturated rings. The summed E-state index contributed by atoms with van der Waals surface area (Å²) in [4.78, 5) is 4.29. The molecular weight excluding hydrogens is 285 g/mol. The second kappa shape index (κ2) is 5.78. The maximum Gasteiger partial charge on any atom is 0.225 e. The Morgan fingerprint density at radius 2 is 1.95 bits per heavy atom. The molecule has 0 aliphatic carbocycles. The molecule has 5 heteroatoms. The van der Waals surface area contributed by atoms with E-state index in [2.05, 4.69) is 4.98 Å². The summed E-state index contributed by atoms with van der Waals surface area (Å²) in [5.74, 6) is 0.769. The third-order valence-corrected chi connectivity index (χ3v) is 3.24. The minimum Gasteiger partial charge on any atom is -0.437 e. The molecule has 0 aliphatic heterocycles. The minimum absolute atomic E-state index is 0.146. The molecule has 0 unspecified atom stereocenters. The largest absolute Gasteiger partial charge is 0.437 e. The molecule has 3 nitrogen and oxygen atoms in total. The number of benzene rings is 1. The van der Waals surface area contributed by atoms with Crippen LogP contribution >= 0.6 is 23.2 Å². The van der Waals surface area contributed by atoms with Gasteiger partial charge in [0.15, 0.2) is 0 Å². The van der Waals surface area contributed by atoms with E-state index in [-0.39, 0.29) is 6.61 Å². The minimum atomic E-state index is -0.146. The van der Waals surface area contributed by atoms with Crippen LogP contribution in [0.2, 0.25) is 10.0 Å². The number of hydrogen-bond acceptors (Lipinski definition) is 3. The van der Waals surface area contributed by atoms with Crippen molar-refractivity contribution in [3.8, 4) is 11.6 Å². The van der Waals surface area contributed by atoms with E-state index in [4.69, 9.17) is 27.9 Å². The zero-order valence-corrected chi connectivity index (χ0v) is 12.1. The molecule has 0 amide bonds. The average molecular weight is 298 g/mol. The van der Waals surface area contributed by atoms with Crippen LogP contribution < -0.4 is 4.74 Å². The van der Waals surface area contributed by atoms with Gasteiger partial charge in [-0.2, -0.15) is 0 Å². The highest BCUT2D eigenvalue weighted by molar-refractivity contribution is 6.34. The standard InChI is InChI=1S/C14H13Cl2NO2/c1-8-5-9(2)17-14(11(8)7-18)19-13-6-10(15)3-4-12(13)16/h3-6,18H,7H2,1-2H3. The highest BCUT2D eigenvalue weighted by atomic mass is 35.5. The molecule has 1 aromatic heterocycles. The SMILES string of the molecule is Cc1cc(C)c(CO)c(Oc2cc(Cl)ccc2Cl)n1. The molecular formula is C14H13Cl2NO2. The Kier molecular flexibility index (Phi) is 4.30. The lowest BCUT2D eigenvalue weighted by molar-refractivity contribution is 0.274. The number of aryl methyl sites for hydroxylation is 2. The van der Waals surface area contributed by atoms with Gasteiger partial charge in [-0.3, -0.25) is 0 Å². The number of rotatable bonds is 3. The Labute approximate surface area is 121 Å². The normalized spacial score (nSPS) is 10.6. The van der Waals surface area contributed by atoms with Crippen LogP contribution in [-0.4, -0.2) is 10.1 Å². The molecule has 0 radical (unpaired) electrons. The van der Waals surface area contributed by atoms with Crippen molar-refractivity contribution in [3.05, 3.63) is 51.1 Å². The van der Waals surface area contributed by atoms with E-state index in [9.17, 15) is 5.11 Å². The van der Waals surface area contributed by atoms with Crippen LogP contribution in [0.3, 0.4) is 0 Å². The Bertz CT molecular complexity index is 615. The monoisotopic (exact) mass is 297 g/mol. The molecule has 0 atom stereocenters. The summed E-state index contributed by atoms with van der Waals surface area (Å²) in [5.41, 5.74) is 2.37. The topological polar surface area (TPSA) is 42.4 Å². The number of aromatic nitrogens is 1. The fourth-order valence-corrected chi connectivity index (χ4v) is 2.08. The van der Waals surface area contributed by atoms with Gasteiger partial charge in [-0.05, 0) is 37.6 Å². The summed E-state index contributed by atoms with van der Waals surface area (Å²) in [7, 11) is 0. The first kappa shape index (κ1) is 14.1. The van der Waals surface area contributed by atoms with Crippen molar-refractivity contribution < 1.29 is 9.84 Å². The van der Waals surface area contributed by atoms with Crippen molar-refractivity contribution >= 4 is 23.2 Å². The first-order valence-electron chi connectivity index (χ1n) is 5.72. The van der Waals surface area contributed by atoms with E-state index in [1.807, 2.05) is 19.9 Å². The van der Waals surface area contributed by atoms with E-state index in [0.717, 1.165) is 11.3 Å². The lowest BCUT2D eigenvalue weighted by Gasteiger charge is -2.13. The van der Waals surface area contributed by atoms with Gasteiger partial charge in [-0.25, -0.2) is 4.98 Å². The van der Waals surface area contributed by atoms with Gasteiger partial charge in [0.25, 0.3) is 0 Å². The van der Waals surface area contributed by atoms with E-state index in [1.54, 1.807) is 18.2 Å². The second-order valence-electron chi connectivity index (χ2n) is 4.20. The van der Waals surface area contributed by atoms with Crippen LogP contribution in [0.1, 0.15) is 16.8 Å². The van der Waals surface area contributed by atoms with Crippen LogP contribution in [0, 0.1) is 13.8 Å². The van der Waals surface area contributed by atoms with Gasteiger partial charge in [0.05, 0.1) is 11.6 Å². The van der Waals surface area contributed by atoms with E-state index >= 15 is 0 Å².